The van der Waals surface area contributed by atoms with E-state index in [-0.39, 0.29) is 4.75 Å². The van der Waals surface area contributed by atoms with Crippen LogP contribution >= 0.6 is 23.1 Å². The smallest absolute Gasteiger partial charge is 0.191 e. The van der Waals surface area contributed by atoms with Crippen LogP contribution in [-0.4, -0.2) is 41.6 Å². The highest BCUT2D eigenvalue weighted by atomic mass is 32.2. The number of thioether (sulfide) groups is 1. The number of thiazole rings is 1. The van der Waals surface area contributed by atoms with E-state index in [0.29, 0.717) is 0 Å². The molecule has 0 amide bonds. The van der Waals surface area contributed by atoms with Crippen LogP contribution in [0.15, 0.2) is 4.99 Å². The van der Waals surface area contributed by atoms with Crippen LogP contribution in [0.25, 0.3) is 0 Å². The molecule has 0 aliphatic heterocycles. The van der Waals surface area contributed by atoms with Crippen molar-refractivity contribution >= 4 is 29.1 Å². The van der Waals surface area contributed by atoms with E-state index < -0.39 is 0 Å². The van der Waals surface area contributed by atoms with Crippen molar-refractivity contribution in [3.63, 3.8) is 0 Å². The topological polar surface area (TPSA) is 49.3 Å². The van der Waals surface area contributed by atoms with Crippen molar-refractivity contribution < 1.29 is 0 Å². The fraction of sp³-hybridized carbons (Fsp3) is 0.733. The van der Waals surface area contributed by atoms with Gasteiger partial charge in [0.1, 0.15) is 0 Å². The Bertz CT molecular complexity index is 466. The van der Waals surface area contributed by atoms with Crippen LogP contribution in [0.1, 0.15) is 36.3 Å². The zero-order chi connectivity index (χ0) is 15.9. The fourth-order valence-corrected chi connectivity index (χ4v) is 2.91. The molecular formula is C15H28N4S2. The van der Waals surface area contributed by atoms with Gasteiger partial charge in [-0.05, 0) is 40.9 Å². The van der Waals surface area contributed by atoms with Crippen molar-refractivity contribution in [3.05, 3.63) is 15.6 Å². The normalized spacial score (nSPS) is 12.6. The number of rotatable bonds is 7. The van der Waals surface area contributed by atoms with Crippen molar-refractivity contribution in [2.24, 2.45) is 4.99 Å². The molecule has 1 aromatic rings. The molecule has 1 heterocycles. The summed E-state index contributed by atoms with van der Waals surface area (Å²) < 4.78 is 0.174. The summed E-state index contributed by atoms with van der Waals surface area (Å²) in [5.41, 5.74) is 1.16. The number of hydrogen-bond acceptors (Lipinski definition) is 4. The molecule has 21 heavy (non-hydrogen) atoms. The summed E-state index contributed by atoms with van der Waals surface area (Å²) in [6, 6.07) is 0. The van der Waals surface area contributed by atoms with E-state index >= 15 is 0 Å². The molecule has 4 nitrogen and oxygen atoms in total. The van der Waals surface area contributed by atoms with Crippen molar-refractivity contribution in [2.45, 2.75) is 45.8 Å². The average Bonchev–Trinajstić information content (AvgIpc) is 2.74. The zero-order valence-corrected chi connectivity index (χ0v) is 15.7. The van der Waals surface area contributed by atoms with Crippen LogP contribution in [0.2, 0.25) is 0 Å². The van der Waals surface area contributed by atoms with Gasteiger partial charge in [0.15, 0.2) is 5.96 Å². The second-order valence-electron chi connectivity index (χ2n) is 5.58. The van der Waals surface area contributed by atoms with Gasteiger partial charge in [-0.1, -0.05) is 0 Å². The van der Waals surface area contributed by atoms with Crippen LogP contribution in [-0.2, 0) is 6.42 Å². The third kappa shape index (κ3) is 6.70. The van der Waals surface area contributed by atoms with Crippen LogP contribution in [0.4, 0.5) is 0 Å². The fourth-order valence-electron chi connectivity index (χ4n) is 1.78. The van der Waals surface area contributed by atoms with E-state index in [1.165, 1.54) is 4.88 Å². The Morgan fingerprint density at radius 3 is 2.57 bits per heavy atom. The molecule has 0 aliphatic carbocycles. The molecular weight excluding hydrogens is 300 g/mol. The lowest BCUT2D eigenvalue weighted by Crippen LogP contribution is -2.39. The van der Waals surface area contributed by atoms with Gasteiger partial charge in [0.05, 0.1) is 17.2 Å². The average molecular weight is 329 g/mol. The monoisotopic (exact) mass is 328 g/mol. The van der Waals surface area contributed by atoms with Gasteiger partial charge in [0.25, 0.3) is 0 Å². The van der Waals surface area contributed by atoms with Crippen LogP contribution < -0.4 is 10.6 Å². The minimum absolute atomic E-state index is 0.174. The number of aliphatic imine (C=N–C) groups is 1. The van der Waals surface area contributed by atoms with Gasteiger partial charge >= 0.3 is 0 Å². The van der Waals surface area contributed by atoms with Crippen LogP contribution in [0.3, 0.4) is 0 Å². The number of aromatic nitrogens is 1. The molecule has 0 fully saturated rings. The largest absolute Gasteiger partial charge is 0.357 e. The summed E-state index contributed by atoms with van der Waals surface area (Å²) in [4.78, 5) is 10.5. The molecule has 0 spiro atoms. The molecule has 0 aliphatic rings. The first-order valence-electron chi connectivity index (χ1n) is 7.38. The van der Waals surface area contributed by atoms with Gasteiger partial charge in [0.2, 0.25) is 0 Å². The highest BCUT2D eigenvalue weighted by Crippen LogP contribution is 2.21. The summed E-state index contributed by atoms with van der Waals surface area (Å²) in [6.07, 6.45) is 3.12. The standard InChI is InChI=1S/C15H28N4S2/c1-7-16-14(18-10-15(4,5)20-6)17-9-8-13-11(2)19-12(3)21-13/h7-10H2,1-6H3,(H2,16,17,18). The van der Waals surface area contributed by atoms with E-state index in [1.54, 1.807) is 11.3 Å². The Balaban J connectivity index is 2.51. The number of aryl methyl sites for hydroxylation is 2. The SMILES string of the molecule is CCNC(=NCC(C)(C)SC)NCCc1sc(C)nc1C. The highest BCUT2D eigenvalue weighted by Gasteiger charge is 2.15. The van der Waals surface area contributed by atoms with Crippen molar-refractivity contribution in [2.75, 3.05) is 25.9 Å². The third-order valence-electron chi connectivity index (χ3n) is 3.16. The summed E-state index contributed by atoms with van der Waals surface area (Å²) in [6.45, 7) is 13.2. The van der Waals surface area contributed by atoms with E-state index in [1.807, 2.05) is 11.8 Å². The first-order valence-corrected chi connectivity index (χ1v) is 9.42. The van der Waals surface area contributed by atoms with Gasteiger partial charge in [-0.3, -0.25) is 4.99 Å². The Labute approximate surface area is 137 Å². The van der Waals surface area contributed by atoms with Gasteiger partial charge < -0.3 is 10.6 Å². The summed E-state index contributed by atoms with van der Waals surface area (Å²) in [5, 5.41) is 7.86. The third-order valence-corrected chi connectivity index (χ3v) is 5.53. The molecule has 2 N–H and O–H groups in total. The summed E-state index contributed by atoms with van der Waals surface area (Å²) in [5.74, 6) is 0.901. The zero-order valence-electron chi connectivity index (χ0n) is 14.0. The van der Waals surface area contributed by atoms with Crippen molar-refractivity contribution in [3.8, 4) is 0 Å². The lowest BCUT2D eigenvalue weighted by Gasteiger charge is -2.20. The summed E-state index contributed by atoms with van der Waals surface area (Å²) >= 11 is 3.63. The Kier molecular flexibility index (Phi) is 7.52. The van der Waals surface area contributed by atoms with Crippen molar-refractivity contribution in [1.29, 1.82) is 0 Å². The molecule has 0 unspecified atom stereocenters. The van der Waals surface area contributed by atoms with E-state index in [2.05, 4.69) is 61.5 Å². The lowest BCUT2D eigenvalue weighted by atomic mass is 10.2. The molecule has 0 aromatic carbocycles. The number of nitrogens with zero attached hydrogens (tertiary/aromatic N) is 2. The van der Waals surface area contributed by atoms with E-state index in [0.717, 1.165) is 42.7 Å². The van der Waals surface area contributed by atoms with Gasteiger partial charge in [0, 0.05) is 29.1 Å². The van der Waals surface area contributed by atoms with E-state index in [9.17, 15) is 0 Å². The molecule has 0 radical (unpaired) electrons. The van der Waals surface area contributed by atoms with Crippen LogP contribution in [0, 0.1) is 13.8 Å². The Morgan fingerprint density at radius 2 is 2.05 bits per heavy atom. The summed E-state index contributed by atoms with van der Waals surface area (Å²) in [7, 11) is 0. The lowest BCUT2D eigenvalue weighted by molar-refractivity contribution is 0.710. The first-order chi connectivity index (χ1) is 9.88. The molecule has 0 atom stereocenters. The number of hydrogen-bond donors (Lipinski definition) is 2. The molecule has 0 saturated heterocycles. The Morgan fingerprint density at radius 1 is 1.33 bits per heavy atom. The minimum Gasteiger partial charge on any atom is -0.357 e. The quantitative estimate of drug-likeness (QED) is 0.597. The first kappa shape index (κ1) is 18.3. The minimum atomic E-state index is 0.174. The van der Waals surface area contributed by atoms with E-state index in [4.69, 9.17) is 0 Å². The predicted octanol–water partition coefficient (Wildman–Crippen LogP) is 3.00. The Hall–Kier alpha value is -0.750. The molecule has 0 saturated carbocycles. The van der Waals surface area contributed by atoms with Crippen LogP contribution in [0.5, 0.6) is 0 Å². The second kappa shape index (κ2) is 8.63. The predicted molar refractivity (Wildman–Crippen MR) is 96.9 cm³/mol. The van der Waals surface area contributed by atoms with Gasteiger partial charge in [-0.25, -0.2) is 4.98 Å². The highest BCUT2D eigenvalue weighted by molar-refractivity contribution is 7.99. The van der Waals surface area contributed by atoms with Gasteiger partial charge in [-0.2, -0.15) is 11.8 Å². The number of guanidine groups is 1. The van der Waals surface area contributed by atoms with Gasteiger partial charge in [-0.15, -0.1) is 11.3 Å². The molecule has 6 heteroatoms. The molecule has 1 aromatic heterocycles. The molecule has 1 rings (SSSR count). The van der Waals surface area contributed by atoms with Crippen molar-refractivity contribution in [1.82, 2.24) is 15.6 Å². The second-order valence-corrected chi connectivity index (χ2v) is 8.38. The molecule has 0 bridgehead atoms. The maximum atomic E-state index is 4.68. The maximum Gasteiger partial charge on any atom is 0.191 e. The maximum absolute atomic E-state index is 4.68. The number of nitrogens with one attached hydrogen (secondary N) is 2. The molecule has 120 valence electrons.